The number of benzene rings is 2. The number of likely N-dealkylation sites (tertiary alicyclic amines) is 1. The van der Waals surface area contributed by atoms with Gasteiger partial charge in [-0.25, -0.2) is 4.98 Å². The van der Waals surface area contributed by atoms with Crippen LogP contribution in [0.2, 0.25) is 0 Å². The molecule has 3 aromatic rings. The summed E-state index contributed by atoms with van der Waals surface area (Å²) in [7, 11) is 0. The molecule has 1 fully saturated rings. The van der Waals surface area contributed by atoms with Crippen molar-refractivity contribution < 1.29 is 14.7 Å². The zero-order valence-corrected chi connectivity index (χ0v) is 17.4. The van der Waals surface area contributed by atoms with Crippen molar-refractivity contribution in [2.24, 2.45) is 0 Å². The number of rotatable bonds is 6. The predicted molar refractivity (Wildman–Crippen MR) is 116 cm³/mol. The van der Waals surface area contributed by atoms with E-state index in [0.29, 0.717) is 23.6 Å². The van der Waals surface area contributed by atoms with E-state index in [1.54, 1.807) is 38.1 Å². The van der Waals surface area contributed by atoms with Gasteiger partial charge in [0.1, 0.15) is 5.82 Å². The first-order valence-electron chi connectivity index (χ1n) is 10.4. The summed E-state index contributed by atoms with van der Waals surface area (Å²) in [6.07, 6.45) is 1.94. The third kappa shape index (κ3) is 4.00. The van der Waals surface area contributed by atoms with Gasteiger partial charge in [-0.2, -0.15) is 0 Å². The molecule has 4 rings (SSSR count). The molecule has 2 N–H and O–H groups in total. The van der Waals surface area contributed by atoms with Gasteiger partial charge in [0.25, 0.3) is 0 Å². The number of fused-ring (bicyclic) bond motifs is 1. The number of nitrogens with zero attached hydrogens (tertiary/aromatic N) is 2. The molecule has 0 unspecified atom stereocenters. The number of para-hydroxylation sites is 2. The summed E-state index contributed by atoms with van der Waals surface area (Å²) in [5.41, 5.74) is 2.41. The van der Waals surface area contributed by atoms with E-state index >= 15 is 0 Å². The number of Topliss-reactive ketones (excluding diaryl/α,β-unsaturated/α-hetero) is 1. The lowest BCUT2D eigenvalue weighted by molar-refractivity contribution is -0.142. The van der Waals surface area contributed by atoms with E-state index in [2.05, 4.69) is 9.88 Å². The maximum Gasteiger partial charge on any atom is 0.313 e. The summed E-state index contributed by atoms with van der Waals surface area (Å²) < 4.78 is 0. The van der Waals surface area contributed by atoms with Crippen LogP contribution in [0.3, 0.4) is 0 Å². The van der Waals surface area contributed by atoms with Crippen LogP contribution in [0.15, 0.2) is 48.5 Å². The third-order valence-corrected chi connectivity index (χ3v) is 6.21. The molecule has 2 heterocycles. The summed E-state index contributed by atoms with van der Waals surface area (Å²) in [5, 5.41) is 9.35. The fraction of sp³-hybridized carbons (Fsp3) is 0.375. The number of carbonyl (C=O) groups excluding carboxylic acids is 1. The first-order valence-corrected chi connectivity index (χ1v) is 10.4. The van der Waals surface area contributed by atoms with Crippen molar-refractivity contribution in [3.8, 4) is 0 Å². The number of aliphatic carboxylic acids is 1. The number of hydrogen-bond acceptors (Lipinski definition) is 4. The number of hydrogen-bond donors (Lipinski definition) is 2. The van der Waals surface area contributed by atoms with Crippen molar-refractivity contribution >= 4 is 22.8 Å². The molecule has 1 aromatic heterocycles. The van der Waals surface area contributed by atoms with Crippen LogP contribution in [0, 0.1) is 0 Å². The Kier molecular flexibility index (Phi) is 5.43. The molecule has 6 nitrogen and oxygen atoms in total. The molecule has 0 radical (unpaired) electrons. The Morgan fingerprint density at radius 1 is 1.10 bits per heavy atom. The predicted octanol–water partition coefficient (Wildman–Crippen LogP) is 3.99. The molecule has 1 saturated heterocycles. The lowest BCUT2D eigenvalue weighted by atomic mass is 9.84. The van der Waals surface area contributed by atoms with Gasteiger partial charge in [0, 0.05) is 11.5 Å². The van der Waals surface area contributed by atoms with Crippen LogP contribution in [-0.4, -0.2) is 51.4 Å². The minimum atomic E-state index is -0.972. The molecule has 0 amide bonds. The number of carboxylic acids is 1. The average Bonchev–Trinajstić information content (AvgIpc) is 3.18. The molecule has 0 bridgehead atoms. The van der Waals surface area contributed by atoms with Gasteiger partial charge in [-0.1, -0.05) is 36.4 Å². The molecule has 0 saturated carbocycles. The monoisotopic (exact) mass is 405 g/mol. The minimum Gasteiger partial charge on any atom is -0.481 e. The summed E-state index contributed by atoms with van der Waals surface area (Å²) in [6, 6.07) is 15.0. The standard InChI is InChI=1S/C24H27N3O3/c1-24(2,23(29)30)18-9-7-16(8-10-18)21(28)15-27-13-11-17(12-14-27)22-25-19-5-3-4-6-20(19)26-22/h3-10,17H,11-15H2,1-2H3,(H,25,26)(H,29,30). The van der Waals surface area contributed by atoms with Crippen molar-refractivity contribution in [3.63, 3.8) is 0 Å². The van der Waals surface area contributed by atoms with Crippen LogP contribution in [0.4, 0.5) is 0 Å². The van der Waals surface area contributed by atoms with Crippen LogP contribution >= 0.6 is 0 Å². The van der Waals surface area contributed by atoms with E-state index in [-0.39, 0.29) is 5.78 Å². The fourth-order valence-corrected chi connectivity index (χ4v) is 4.02. The van der Waals surface area contributed by atoms with Crippen LogP contribution in [0.5, 0.6) is 0 Å². The second-order valence-corrected chi connectivity index (χ2v) is 8.62. The van der Waals surface area contributed by atoms with Gasteiger partial charge in [0.15, 0.2) is 5.78 Å². The smallest absolute Gasteiger partial charge is 0.313 e. The van der Waals surface area contributed by atoms with E-state index in [4.69, 9.17) is 4.98 Å². The van der Waals surface area contributed by atoms with Gasteiger partial charge in [-0.05, 0) is 57.5 Å². The molecule has 1 aliphatic rings. The fourth-order valence-electron chi connectivity index (χ4n) is 4.02. The number of carboxylic acid groups (broad SMARTS) is 1. The minimum absolute atomic E-state index is 0.0665. The number of aromatic nitrogens is 2. The zero-order valence-electron chi connectivity index (χ0n) is 17.4. The Labute approximate surface area is 175 Å². The SMILES string of the molecule is CC(C)(C(=O)O)c1ccc(C(=O)CN2CCC(c3nc4ccccc4[nH]3)CC2)cc1. The van der Waals surface area contributed by atoms with E-state index in [1.807, 2.05) is 24.3 Å². The number of nitrogens with one attached hydrogen (secondary N) is 1. The molecule has 156 valence electrons. The quantitative estimate of drug-likeness (QED) is 0.606. The Morgan fingerprint density at radius 3 is 2.40 bits per heavy atom. The van der Waals surface area contributed by atoms with Gasteiger partial charge in [0.05, 0.1) is 23.0 Å². The lowest BCUT2D eigenvalue weighted by Gasteiger charge is -2.30. The molecule has 0 spiro atoms. The van der Waals surface area contributed by atoms with Crippen molar-refractivity contribution in [2.45, 2.75) is 38.0 Å². The Balaban J connectivity index is 1.34. The van der Waals surface area contributed by atoms with Crippen molar-refractivity contribution in [1.29, 1.82) is 0 Å². The molecule has 1 aliphatic heterocycles. The normalized spacial score (nSPS) is 16.1. The second kappa shape index (κ2) is 8.03. The van der Waals surface area contributed by atoms with Gasteiger partial charge in [-0.3, -0.25) is 14.5 Å². The number of imidazole rings is 1. The summed E-state index contributed by atoms with van der Waals surface area (Å²) in [6.45, 7) is 5.43. The molecule has 6 heteroatoms. The number of H-pyrrole nitrogens is 1. The van der Waals surface area contributed by atoms with E-state index in [0.717, 1.165) is 42.8 Å². The number of ketones is 1. The first kappa shape index (κ1) is 20.3. The molecular formula is C24H27N3O3. The molecule has 0 aliphatic carbocycles. The van der Waals surface area contributed by atoms with Crippen LogP contribution in [0.25, 0.3) is 11.0 Å². The summed E-state index contributed by atoms with van der Waals surface area (Å²) in [4.78, 5) is 34.5. The summed E-state index contributed by atoms with van der Waals surface area (Å²) in [5.74, 6) is 0.617. The van der Waals surface area contributed by atoms with Crippen molar-refractivity contribution in [1.82, 2.24) is 14.9 Å². The number of aromatic amines is 1. The maximum atomic E-state index is 12.7. The van der Waals surface area contributed by atoms with E-state index in [9.17, 15) is 14.7 Å². The average molecular weight is 405 g/mol. The lowest BCUT2D eigenvalue weighted by Crippen LogP contribution is -2.37. The Hall–Kier alpha value is -2.99. The highest BCUT2D eigenvalue weighted by molar-refractivity contribution is 5.97. The second-order valence-electron chi connectivity index (χ2n) is 8.62. The van der Waals surface area contributed by atoms with Crippen molar-refractivity contribution in [3.05, 3.63) is 65.5 Å². The third-order valence-electron chi connectivity index (χ3n) is 6.21. The molecular weight excluding hydrogens is 378 g/mol. The highest BCUT2D eigenvalue weighted by Gasteiger charge is 2.29. The first-order chi connectivity index (χ1) is 14.3. The topological polar surface area (TPSA) is 86.3 Å². The van der Waals surface area contributed by atoms with Crippen LogP contribution in [-0.2, 0) is 10.2 Å². The summed E-state index contributed by atoms with van der Waals surface area (Å²) >= 11 is 0. The molecule has 2 aromatic carbocycles. The number of piperidine rings is 1. The van der Waals surface area contributed by atoms with Crippen molar-refractivity contribution in [2.75, 3.05) is 19.6 Å². The van der Waals surface area contributed by atoms with Crippen LogP contribution in [0.1, 0.15) is 54.4 Å². The number of carbonyl (C=O) groups is 2. The highest BCUT2D eigenvalue weighted by Crippen LogP contribution is 2.28. The Morgan fingerprint density at radius 2 is 1.77 bits per heavy atom. The largest absolute Gasteiger partial charge is 0.481 e. The van der Waals surface area contributed by atoms with Gasteiger partial charge in [-0.15, -0.1) is 0 Å². The van der Waals surface area contributed by atoms with Gasteiger partial charge >= 0.3 is 5.97 Å². The highest BCUT2D eigenvalue weighted by atomic mass is 16.4. The van der Waals surface area contributed by atoms with E-state index < -0.39 is 11.4 Å². The van der Waals surface area contributed by atoms with Crippen LogP contribution < -0.4 is 0 Å². The van der Waals surface area contributed by atoms with Gasteiger partial charge < -0.3 is 10.1 Å². The Bertz CT molecular complexity index is 1030. The molecule has 0 atom stereocenters. The van der Waals surface area contributed by atoms with E-state index in [1.165, 1.54) is 0 Å². The zero-order chi connectivity index (χ0) is 21.3. The van der Waals surface area contributed by atoms with Gasteiger partial charge in [0.2, 0.25) is 0 Å². The molecule has 30 heavy (non-hydrogen) atoms. The maximum absolute atomic E-state index is 12.7.